The summed E-state index contributed by atoms with van der Waals surface area (Å²) in [4.78, 5) is 2.16. The van der Waals surface area contributed by atoms with E-state index in [2.05, 4.69) is 26.9 Å². The molecule has 2 rings (SSSR count). The summed E-state index contributed by atoms with van der Waals surface area (Å²) in [5, 5.41) is 9.22. The van der Waals surface area contributed by atoms with Crippen LogP contribution < -0.4 is 4.90 Å². The van der Waals surface area contributed by atoms with Gasteiger partial charge in [0, 0.05) is 24.7 Å². The van der Waals surface area contributed by atoms with Crippen molar-refractivity contribution >= 4 is 21.6 Å². The van der Waals surface area contributed by atoms with Gasteiger partial charge in [-0.2, -0.15) is 5.26 Å². The maximum Gasteiger partial charge on any atom is 0.103 e. The molecule has 0 spiro atoms. The quantitative estimate of drug-likeness (QED) is 0.860. The summed E-state index contributed by atoms with van der Waals surface area (Å²) in [5.74, 6) is 0.564. The Bertz CT molecular complexity index is 450. The smallest absolute Gasteiger partial charge is 0.103 e. The van der Waals surface area contributed by atoms with Gasteiger partial charge in [0.05, 0.1) is 17.9 Å². The van der Waals surface area contributed by atoms with Crippen LogP contribution in [0.1, 0.15) is 18.4 Å². The Labute approximate surface area is 116 Å². The third-order valence-corrected chi connectivity index (χ3v) is 3.96. The molecule has 0 N–H and O–H groups in total. The fourth-order valence-corrected chi connectivity index (χ4v) is 2.82. The summed E-state index contributed by atoms with van der Waals surface area (Å²) in [7, 11) is 2.04. The van der Waals surface area contributed by atoms with E-state index in [0.29, 0.717) is 11.5 Å². The van der Waals surface area contributed by atoms with Crippen LogP contribution in [-0.4, -0.2) is 26.8 Å². The number of nitrogens with zero attached hydrogens (tertiary/aromatic N) is 2. The number of hydrogen-bond acceptors (Lipinski definition) is 3. The minimum Gasteiger partial charge on any atom is -0.381 e. The van der Waals surface area contributed by atoms with Crippen LogP contribution in [0.15, 0.2) is 22.7 Å². The predicted octanol–water partition coefficient (Wildman–Crippen LogP) is 3.18. The topological polar surface area (TPSA) is 36.3 Å². The van der Waals surface area contributed by atoms with Crippen molar-refractivity contribution in [1.29, 1.82) is 5.26 Å². The van der Waals surface area contributed by atoms with Crippen molar-refractivity contribution in [2.24, 2.45) is 5.92 Å². The zero-order chi connectivity index (χ0) is 13.0. The Morgan fingerprint density at radius 3 is 3.06 bits per heavy atom. The van der Waals surface area contributed by atoms with Crippen LogP contribution in [-0.2, 0) is 4.74 Å². The molecule has 0 amide bonds. The lowest BCUT2D eigenvalue weighted by Gasteiger charge is -2.29. The molecule has 0 aliphatic carbocycles. The molecule has 1 fully saturated rings. The fraction of sp³-hybridized carbons (Fsp3) is 0.500. The third-order valence-electron chi connectivity index (χ3n) is 3.30. The first kappa shape index (κ1) is 13.4. The summed E-state index contributed by atoms with van der Waals surface area (Å²) in [6.07, 6.45) is 2.35. The van der Waals surface area contributed by atoms with Crippen LogP contribution in [0.25, 0.3) is 0 Å². The lowest BCUT2D eigenvalue weighted by Crippen LogP contribution is -2.31. The molecule has 1 aliphatic heterocycles. The molecule has 1 aliphatic rings. The molecule has 1 unspecified atom stereocenters. The van der Waals surface area contributed by atoms with Gasteiger partial charge in [0.25, 0.3) is 0 Å². The van der Waals surface area contributed by atoms with E-state index in [9.17, 15) is 5.26 Å². The van der Waals surface area contributed by atoms with Crippen molar-refractivity contribution in [1.82, 2.24) is 0 Å². The highest BCUT2D eigenvalue weighted by Gasteiger charge is 2.18. The predicted molar refractivity (Wildman–Crippen MR) is 75.7 cm³/mol. The average Bonchev–Trinajstić information content (AvgIpc) is 2.39. The Morgan fingerprint density at radius 1 is 1.56 bits per heavy atom. The van der Waals surface area contributed by atoms with Gasteiger partial charge < -0.3 is 9.64 Å². The van der Waals surface area contributed by atoms with Crippen LogP contribution >= 0.6 is 15.9 Å². The van der Waals surface area contributed by atoms with E-state index in [1.54, 1.807) is 0 Å². The maximum absolute atomic E-state index is 9.22. The molecule has 0 saturated carbocycles. The zero-order valence-corrected chi connectivity index (χ0v) is 12.1. The highest BCUT2D eigenvalue weighted by Crippen LogP contribution is 2.27. The summed E-state index contributed by atoms with van der Waals surface area (Å²) in [6.45, 7) is 2.66. The second-order valence-electron chi connectivity index (χ2n) is 4.71. The summed E-state index contributed by atoms with van der Waals surface area (Å²) in [6, 6.07) is 8.12. The first-order valence-electron chi connectivity index (χ1n) is 6.20. The lowest BCUT2D eigenvalue weighted by atomic mass is 10.0. The van der Waals surface area contributed by atoms with Gasteiger partial charge in [-0.05, 0) is 46.8 Å². The zero-order valence-electron chi connectivity index (χ0n) is 10.5. The molecule has 1 heterocycles. The Kier molecular flexibility index (Phi) is 4.62. The molecule has 0 aromatic heterocycles. The van der Waals surface area contributed by atoms with Crippen LogP contribution in [0, 0.1) is 17.2 Å². The minimum absolute atomic E-state index is 0.564. The summed E-state index contributed by atoms with van der Waals surface area (Å²) < 4.78 is 6.35. The number of anilines is 1. The molecule has 3 nitrogen and oxygen atoms in total. The molecule has 4 heteroatoms. The normalized spacial score (nSPS) is 19.3. The van der Waals surface area contributed by atoms with E-state index in [4.69, 9.17) is 4.74 Å². The van der Waals surface area contributed by atoms with Crippen molar-refractivity contribution in [3.63, 3.8) is 0 Å². The van der Waals surface area contributed by atoms with E-state index in [0.717, 1.165) is 36.3 Å². The van der Waals surface area contributed by atoms with Gasteiger partial charge in [0.1, 0.15) is 6.07 Å². The molecular weight excluding hydrogens is 292 g/mol. The number of halogens is 1. The lowest BCUT2D eigenvalue weighted by molar-refractivity contribution is 0.0576. The molecular formula is C14H17BrN2O. The maximum atomic E-state index is 9.22. The van der Waals surface area contributed by atoms with Gasteiger partial charge in [0.15, 0.2) is 0 Å². The highest BCUT2D eigenvalue weighted by atomic mass is 79.9. The van der Waals surface area contributed by atoms with E-state index in [-0.39, 0.29) is 0 Å². The van der Waals surface area contributed by atoms with Crippen molar-refractivity contribution in [3.8, 4) is 6.07 Å². The molecule has 18 heavy (non-hydrogen) atoms. The molecule has 1 aromatic rings. The average molecular weight is 309 g/mol. The van der Waals surface area contributed by atoms with Crippen LogP contribution in [0.5, 0.6) is 0 Å². The number of benzene rings is 1. The van der Waals surface area contributed by atoms with Crippen molar-refractivity contribution in [3.05, 3.63) is 28.2 Å². The first-order valence-corrected chi connectivity index (χ1v) is 6.99. The van der Waals surface area contributed by atoms with Gasteiger partial charge >= 0.3 is 0 Å². The fourth-order valence-electron chi connectivity index (χ4n) is 2.38. The van der Waals surface area contributed by atoms with E-state index in [1.807, 2.05) is 25.2 Å². The van der Waals surface area contributed by atoms with Gasteiger partial charge in [0.2, 0.25) is 0 Å². The Morgan fingerprint density at radius 2 is 2.39 bits per heavy atom. The van der Waals surface area contributed by atoms with Crippen LogP contribution in [0.4, 0.5) is 5.69 Å². The molecule has 0 radical (unpaired) electrons. The van der Waals surface area contributed by atoms with Crippen LogP contribution in [0.3, 0.4) is 0 Å². The Hall–Kier alpha value is -1.05. The van der Waals surface area contributed by atoms with E-state index < -0.39 is 0 Å². The first-order chi connectivity index (χ1) is 8.72. The summed E-state index contributed by atoms with van der Waals surface area (Å²) in [5.41, 5.74) is 1.69. The van der Waals surface area contributed by atoms with E-state index in [1.165, 1.54) is 6.42 Å². The molecule has 1 aromatic carbocycles. The largest absolute Gasteiger partial charge is 0.381 e. The number of hydrogen-bond donors (Lipinski definition) is 0. The van der Waals surface area contributed by atoms with Crippen molar-refractivity contribution in [2.75, 3.05) is 31.7 Å². The highest BCUT2D eigenvalue weighted by molar-refractivity contribution is 9.10. The third kappa shape index (κ3) is 3.04. The monoisotopic (exact) mass is 308 g/mol. The number of ether oxygens (including phenoxy) is 1. The molecule has 1 saturated heterocycles. The molecule has 1 atom stereocenters. The second kappa shape index (κ2) is 6.21. The molecule has 96 valence electrons. The van der Waals surface area contributed by atoms with Crippen molar-refractivity contribution in [2.45, 2.75) is 12.8 Å². The van der Waals surface area contributed by atoms with Gasteiger partial charge in [-0.3, -0.25) is 0 Å². The van der Waals surface area contributed by atoms with Gasteiger partial charge in [-0.15, -0.1) is 0 Å². The Balaban J connectivity index is 2.11. The SMILES string of the molecule is CN(CC1CCCOC1)c1cccc(Br)c1C#N. The van der Waals surface area contributed by atoms with Gasteiger partial charge in [-0.25, -0.2) is 0 Å². The second-order valence-corrected chi connectivity index (χ2v) is 5.56. The number of rotatable bonds is 3. The number of nitriles is 1. The van der Waals surface area contributed by atoms with Crippen LogP contribution in [0.2, 0.25) is 0 Å². The van der Waals surface area contributed by atoms with Gasteiger partial charge in [-0.1, -0.05) is 6.07 Å². The minimum atomic E-state index is 0.564. The summed E-state index contributed by atoms with van der Waals surface area (Å²) >= 11 is 3.43. The standard InChI is InChI=1S/C14H17BrN2O/c1-17(9-11-4-3-7-18-10-11)14-6-2-5-13(15)12(14)8-16/h2,5-6,11H,3-4,7,9-10H2,1H3. The van der Waals surface area contributed by atoms with E-state index >= 15 is 0 Å². The molecule has 0 bridgehead atoms. The van der Waals surface area contributed by atoms with Crippen molar-refractivity contribution < 1.29 is 4.74 Å².